The van der Waals surface area contributed by atoms with Crippen molar-refractivity contribution in [1.82, 2.24) is 10.6 Å². The number of benzene rings is 2. The second-order valence-electron chi connectivity index (χ2n) is 8.01. The third-order valence-electron chi connectivity index (χ3n) is 5.51. The minimum atomic E-state index is -4.66. The molecule has 178 valence electrons. The lowest BCUT2D eigenvalue weighted by atomic mass is 9.90. The Bertz CT molecular complexity index is 1010. The van der Waals surface area contributed by atoms with Gasteiger partial charge in [0.1, 0.15) is 11.5 Å². The molecule has 2 amide bonds. The number of nitrogens with one attached hydrogen (secondary N) is 2. The molecule has 0 atom stereocenters. The highest BCUT2D eigenvalue weighted by atomic mass is 31.2. The van der Waals surface area contributed by atoms with Crippen LogP contribution in [0, 0.1) is 5.92 Å². The van der Waals surface area contributed by atoms with Crippen molar-refractivity contribution < 1.29 is 33.2 Å². The van der Waals surface area contributed by atoms with Gasteiger partial charge in [0.05, 0.1) is 12.2 Å². The van der Waals surface area contributed by atoms with E-state index in [4.69, 9.17) is 14.5 Å². The van der Waals surface area contributed by atoms with Crippen molar-refractivity contribution in [1.29, 1.82) is 0 Å². The zero-order valence-corrected chi connectivity index (χ0v) is 19.3. The summed E-state index contributed by atoms with van der Waals surface area (Å²) in [5.74, 6) is 0.350. The molecule has 0 saturated heterocycles. The Hall–Kier alpha value is -2.87. The molecule has 3 rings (SSSR count). The molecule has 0 heterocycles. The van der Waals surface area contributed by atoms with Gasteiger partial charge < -0.3 is 19.9 Å². The first-order valence-corrected chi connectivity index (χ1v) is 12.4. The van der Waals surface area contributed by atoms with Crippen LogP contribution < -0.4 is 19.9 Å². The van der Waals surface area contributed by atoms with Gasteiger partial charge in [-0.15, -0.1) is 0 Å². The summed E-state index contributed by atoms with van der Waals surface area (Å²) < 4.78 is 21.3. The van der Waals surface area contributed by atoms with Crippen molar-refractivity contribution in [3.63, 3.8) is 0 Å². The number of carbonyl (C=O) groups excluding carboxylic acids is 2. The number of carbonyl (C=O) groups is 2. The van der Waals surface area contributed by atoms with Gasteiger partial charge in [0.25, 0.3) is 11.8 Å². The van der Waals surface area contributed by atoms with E-state index in [9.17, 15) is 14.2 Å². The van der Waals surface area contributed by atoms with Crippen molar-refractivity contribution in [2.45, 2.75) is 38.6 Å². The lowest BCUT2D eigenvalue weighted by Gasteiger charge is -2.22. The second kappa shape index (κ2) is 11.3. The van der Waals surface area contributed by atoms with Crippen LogP contribution in [0.25, 0.3) is 0 Å². The lowest BCUT2D eigenvalue weighted by molar-refractivity contribution is 0.0947. The van der Waals surface area contributed by atoms with Crippen molar-refractivity contribution >= 4 is 19.6 Å². The highest BCUT2D eigenvalue weighted by molar-refractivity contribution is 7.46. The van der Waals surface area contributed by atoms with Gasteiger partial charge in [-0.2, -0.15) is 0 Å². The molecule has 1 aliphatic carbocycles. The summed E-state index contributed by atoms with van der Waals surface area (Å²) in [5, 5.41) is 5.39. The van der Waals surface area contributed by atoms with E-state index in [2.05, 4.69) is 15.2 Å². The van der Waals surface area contributed by atoms with Crippen molar-refractivity contribution in [2.24, 2.45) is 5.92 Å². The molecule has 0 aliphatic heterocycles. The van der Waals surface area contributed by atoms with E-state index in [0.29, 0.717) is 29.4 Å². The van der Waals surface area contributed by atoms with Crippen LogP contribution in [0.1, 0.15) is 58.4 Å². The van der Waals surface area contributed by atoms with Gasteiger partial charge in [0.15, 0.2) is 0 Å². The number of phosphoric ester groups is 1. The van der Waals surface area contributed by atoms with Crippen molar-refractivity contribution in [3.8, 4) is 11.5 Å². The van der Waals surface area contributed by atoms with Crippen LogP contribution in [-0.2, 0) is 11.1 Å². The maximum absolute atomic E-state index is 12.4. The predicted octanol–water partition coefficient (Wildman–Crippen LogP) is 3.41. The van der Waals surface area contributed by atoms with Crippen LogP contribution in [0.3, 0.4) is 0 Å². The average molecular weight is 476 g/mol. The molecule has 2 aromatic rings. The molecule has 0 aromatic heterocycles. The molecule has 0 radical (unpaired) electrons. The fourth-order valence-electron chi connectivity index (χ4n) is 3.78. The minimum Gasteiger partial charge on any atom is -0.492 e. The van der Waals surface area contributed by atoms with Gasteiger partial charge in [-0.3, -0.25) is 19.4 Å². The van der Waals surface area contributed by atoms with Crippen LogP contribution in [0.2, 0.25) is 0 Å². The zero-order chi connectivity index (χ0) is 23.8. The van der Waals surface area contributed by atoms with Crippen molar-refractivity contribution in [3.05, 3.63) is 59.2 Å². The Labute approximate surface area is 192 Å². The first kappa shape index (κ1) is 24.8. The van der Waals surface area contributed by atoms with Gasteiger partial charge >= 0.3 is 7.82 Å². The van der Waals surface area contributed by atoms with E-state index >= 15 is 0 Å². The third kappa shape index (κ3) is 7.60. The number of amides is 2. The van der Waals surface area contributed by atoms with E-state index < -0.39 is 7.82 Å². The summed E-state index contributed by atoms with van der Waals surface area (Å²) in [6.45, 7) is 0.772. The van der Waals surface area contributed by atoms with Gasteiger partial charge in [0, 0.05) is 19.2 Å². The first-order valence-electron chi connectivity index (χ1n) is 10.9. The highest BCUT2D eigenvalue weighted by Gasteiger charge is 2.18. The van der Waals surface area contributed by atoms with Crippen LogP contribution in [0.15, 0.2) is 42.5 Å². The molecule has 4 N–H and O–H groups in total. The summed E-state index contributed by atoms with van der Waals surface area (Å²) >= 11 is 0. The van der Waals surface area contributed by atoms with Gasteiger partial charge in [-0.1, -0.05) is 25.3 Å². The first-order chi connectivity index (χ1) is 15.7. The zero-order valence-electron chi connectivity index (χ0n) is 18.5. The molecule has 1 fully saturated rings. The maximum atomic E-state index is 12.4. The van der Waals surface area contributed by atoms with E-state index in [1.54, 1.807) is 25.2 Å². The molecule has 0 spiro atoms. The standard InChI is InChI=1S/C23H29N2O7P/c1-24-23(27)20-13-17(7-12-21(20)31-15-16-5-3-2-4-6-16)14-25-22(26)18-8-10-19(11-9-18)32-33(28,29)30/h7-13,16H,2-6,14-15H2,1H3,(H,24,27)(H,25,26)(H2,28,29,30). The molecule has 1 aliphatic rings. The van der Waals surface area contributed by atoms with Gasteiger partial charge in [-0.05, 0) is 60.7 Å². The van der Waals surface area contributed by atoms with Crippen LogP contribution in [-0.4, -0.2) is 35.3 Å². The Kier molecular flexibility index (Phi) is 8.49. The maximum Gasteiger partial charge on any atom is 0.524 e. The summed E-state index contributed by atoms with van der Waals surface area (Å²) in [5.41, 5.74) is 1.44. The Morgan fingerprint density at radius 3 is 2.36 bits per heavy atom. The van der Waals surface area contributed by atoms with E-state index in [1.165, 1.54) is 43.5 Å². The smallest absolute Gasteiger partial charge is 0.492 e. The largest absolute Gasteiger partial charge is 0.524 e. The monoisotopic (exact) mass is 476 g/mol. The molecule has 0 unspecified atom stereocenters. The topological polar surface area (TPSA) is 134 Å². The molecule has 9 nitrogen and oxygen atoms in total. The molecular formula is C23H29N2O7P. The Morgan fingerprint density at radius 1 is 1.03 bits per heavy atom. The molecular weight excluding hydrogens is 447 g/mol. The summed E-state index contributed by atoms with van der Waals surface area (Å²) in [6, 6.07) is 10.7. The predicted molar refractivity (Wildman–Crippen MR) is 122 cm³/mol. The van der Waals surface area contributed by atoms with E-state index in [0.717, 1.165) is 18.4 Å². The SMILES string of the molecule is CNC(=O)c1cc(CNC(=O)c2ccc(OP(=O)(O)O)cc2)ccc1OCC1CCCCC1. The normalized spacial score (nSPS) is 14.4. The molecule has 1 saturated carbocycles. The van der Waals surface area contributed by atoms with Crippen LogP contribution in [0.4, 0.5) is 0 Å². The number of hydrogen-bond donors (Lipinski definition) is 4. The molecule has 10 heteroatoms. The number of ether oxygens (including phenoxy) is 1. The highest BCUT2D eigenvalue weighted by Crippen LogP contribution is 2.37. The molecule has 2 aromatic carbocycles. The van der Waals surface area contributed by atoms with Crippen molar-refractivity contribution in [2.75, 3.05) is 13.7 Å². The number of hydrogen-bond acceptors (Lipinski definition) is 5. The molecule has 33 heavy (non-hydrogen) atoms. The number of phosphoric acid groups is 1. The van der Waals surface area contributed by atoms with Gasteiger partial charge in [0.2, 0.25) is 0 Å². The van der Waals surface area contributed by atoms with E-state index in [1.807, 2.05) is 0 Å². The van der Waals surface area contributed by atoms with E-state index in [-0.39, 0.29) is 24.1 Å². The van der Waals surface area contributed by atoms with Crippen LogP contribution in [0.5, 0.6) is 11.5 Å². The summed E-state index contributed by atoms with van der Waals surface area (Å²) in [6.07, 6.45) is 5.99. The quantitative estimate of drug-likeness (QED) is 0.408. The fraction of sp³-hybridized carbons (Fsp3) is 0.391. The van der Waals surface area contributed by atoms with Crippen LogP contribution >= 0.6 is 7.82 Å². The second-order valence-corrected chi connectivity index (χ2v) is 9.18. The molecule has 0 bridgehead atoms. The Balaban J connectivity index is 1.62. The van der Waals surface area contributed by atoms with Gasteiger partial charge in [-0.25, -0.2) is 4.57 Å². The fourth-order valence-corrected chi connectivity index (χ4v) is 4.17. The third-order valence-corrected chi connectivity index (χ3v) is 5.96. The summed E-state index contributed by atoms with van der Waals surface area (Å²) in [7, 11) is -3.10. The Morgan fingerprint density at radius 2 is 1.73 bits per heavy atom. The summed E-state index contributed by atoms with van der Waals surface area (Å²) in [4.78, 5) is 42.5. The minimum absolute atomic E-state index is 0.0427. The number of rotatable bonds is 9. The lowest BCUT2D eigenvalue weighted by Crippen LogP contribution is -2.24. The average Bonchev–Trinajstić information content (AvgIpc) is 2.81.